The van der Waals surface area contributed by atoms with Crippen LogP contribution in [0, 0.1) is 0 Å². The topological polar surface area (TPSA) is 18.5 Å². The largest absolute Gasteiger partial charge is 0.494 e. The quantitative estimate of drug-likeness (QED) is 0.716. The van der Waals surface area contributed by atoms with Crippen molar-refractivity contribution in [3.63, 3.8) is 0 Å². The Morgan fingerprint density at radius 3 is 2.68 bits per heavy atom. The summed E-state index contributed by atoms with van der Waals surface area (Å²) in [5.41, 5.74) is 0.743. The molecule has 1 aliphatic carbocycles. The van der Waals surface area contributed by atoms with Gasteiger partial charge in [0.05, 0.1) is 13.2 Å². The molecule has 0 N–H and O–H groups in total. The third kappa shape index (κ3) is 3.58. The molecule has 1 aromatic rings. The van der Waals surface area contributed by atoms with Gasteiger partial charge >= 0.3 is 0 Å². The second-order valence-electron chi connectivity index (χ2n) is 4.51. The zero-order chi connectivity index (χ0) is 13.6. The van der Waals surface area contributed by atoms with Crippen molar-refractivity contribution in [2.45, 2.75) is 25.6 Å². The molecule has 0 aromatic heterocycles. The fourth-order valence-corrected chi connectivity index (χ4v) is 2.00. The number of ether oxygens (including phenoxy) is 2. The Hall–Kier alpha value is -1.80. The average Bonchev–Trinajstić information content (AvgIpc) is 2.48. The highest BCUT2D eigenvalue weighted by molar-refractivity contribution is 5.28. The average molecular weight is 256 g/mol. The molecule has 100 valence electrons. The van der Waals surface area contributed by atoms with Gasteiger partial charge < -0.3 is 9.47 Å². The second-order valence-corrected chi connectivity index (χ2v) is 4.51. The monoisotopic (exact) mass is 256 g/mol. The van der Waals surface area contributed by atoms with Crippen molar-refractivity contribution in [3.8, 4) is 0 Å². The highest BCUT2D eigenvalue weighted by Gasteiger charge is 2.26. The van der Waals surface area contributed by atoms with Crippen LogP contribution in [-0.2, 0) is 16.1 Å². The summed E-state index contributed by atoms with van der Waals surface area (Å²) in [7, 11) is 0. The van der Waals surface area contributed by atoms with Gasteiger partial charge in [-0.3, -0.25) is 0 Å². The summed E-state index contributed by atoms with van der Waals surface area (Å²) in [5, 5.41) is 0. The summed E-state index contributed by atoms with van der Waals surface area (Å²) < 4.78 is 11.5. The molecule has 0 fully saturated rings. The molecule has 0 saturated heterocycles. The second kappa shape index (κ2) is 6.39. The third-order valence-electron chi connectivity index (χ3n) is 3.16. The van der Waals surface area contributed by atoms with Crippen LogP contribution in [-0.4, -0.2) is 12.2 Å². The van der Waals surface area contributed by atoms with Crippen molar-refractivity contribution in [2.75, 3.05) is 6.61 Å². The summed E-state index contributed by atoms with van der Waals surface area (Å²) in [6, 6.07) is 10.2. The van der Waals surface area contributed by atoms with Gasteiger partial charge in [0, 0.05) is 6.42 Å². The predicted octanol–water partition coefficient (Wildman–Crippen LogP) is 4.01. The Labute approximate surface area is 115 Å². The van der Waals surface area contributed by atoms with Crippen LogP contribution in [0.15, 0.2) is 67.0 Å². The first kappa shape index (κ1) is 13.6. The summed E-state index contributed by atoms with van der Waals surface area (Å²) in [6.07, 6.45) is 8.64. The first-order valence-corrected chi connectivity index (χ1v) is 6.62. The molecule has 2 rings (SSSR count). The SMILES string of the molecule is C=CC1(OCc2ccccc2)C=CC(OCC)=CC1. The molecule has 0 heterocycles. The van der Waals surface area contributed by atoms with Crippen molar-refractivity contribution >= 4 is 0 Å². The Bertz CT molecular complexity index is 473. The van der Waals surface area contributed by atoms with Gasteiger partial charge in [0.1, 0.15) is 11.4 Å². The Morgan fingerprint density at radius 1 is 1.32 bits per heavy atom. The van der Waals surface area contributed by atoms with Gasteiger partial charge in [-0.05, 0) is 30.7 Å². The van der Waals surface area contributed by atoms with Crippen molar-refractivity contribution in [3.05, 3.63) is 72.5 Å². The van der Waals surface area contributed by atoms with Crippen LogP contribution >= 0.6 is 0 Å². The summed E-state index contributed by atoms with van der Waals surface area (Å²) >= 11 is 0. The molecule has 0 radical (unpaired) electrons. The van der Waals surface area contributed by atoms with Gasteiger partial charge in [-0.25, -0.2) is 0 Å². The van der Waals surface area contributed by atoms with Gasteiger partial charge in [0.2, 0.25) is 0 Å². The van der Waals surface area contributed by atoms with E-state index in [1.54, 1.807) is 0 Å². The van der Waals surface area contributed by atoms with E-state index in [4.69, 9.17) is 9.47 Å². The lowest BCUT2D eigenvalue weighted by Crippen LogP contribution is -2.28. The maximum Gasteiger partial charge on any atom is 0.115 e. The smallest absolute Gasteiger partial charge is 0.115 e. The molecular weight excluding hydrogens is 236 g/mol. The van der Waals surface area contributed by atoms with E-state index >= 15 is 0 Å². The summed E-state index contributed by atoms with van der Waals surface area (Å²) in [4.78, 5) is 0. The molecule has 1 aromatic carbocycles. The molecule has 0 saturated carbocycles. The van der Waals surface area contributed by atoms with Crippen LogP contribution in [0.4, 0.5) is 0 Å². The van der Waals surface area contributed by atoms with E-state index in [9.17, 15) is 0 Å². The predicted molar refractivity (Wildman–Crippen MR) is 77.6 cm³/mol. The maximum absolute atomic E-state index is 6.03. The van der Waals surface area contributed by atoms with E-state index in [-0.39, 0.29) is 0 Å². The first-order chi connectivity index (χ1) is 9.28. The zero-order valence-corrected chi connectivity index (χ0v) is 11.3. The first-order valence-electron chi connectivity index (χ1n) is 6.62. The number of rotatable bonds is 6. The number of benzene rings is 1. The Kier molecular flexibility index (Phi) is 4.58. The molecule has 1 atom stereocenters. The van der Waals surface area contributed by atoms with E-state index in [0.29, 0.717) is 13.2 Å². The molecule has 1 unspecified atom stereocenters. The third-order valence-corrected chi connectivity index (χ3v) is 3.16. The lowest BCUT2D eigenvalue weighted by Gasteiger charge is -2.29. The number of allylic oxidation sites excluding steroid dienone is 1. The van der Waals surface area contributed by atoms with Crippen LogP contribution < -0.4 is 0 Å². The molecule has 0 spiro atoms. The van der Waals surface area contributed by atoms with Crippen LogP contribution in [0.3, 0.4) is 0 Å². The highest BCUT2D eigenvalue weighted by atomic mass is 16.5. The van der Waals surface area contributed by atoms with E-state index in [2.05, 4.69) is 24.8 Å². The van der Waals surface area contributed by atoms with E-state index < -0.39 is 5.60 Å². The van der Waals surface area contributed by atoms with Gasteiger partial charge in [0.15, 0.2) is 0 Å². The molecule has 0 amide bonds. The van der Waals surface area contributed by atoms with Gasteiger partial charge in [-0.2, -0.15) is 0 Å². The Balaban J connectivity index is 1.98. The van der Waals surface area contributed by atoms with Crippen LogP contribution in [0.1, 0.15) is 18.9 Å². The Morgan fingerprint density at radius 2 is 2.11 bits per heavy atom. The summed E-state index contributed by atoms with van der Waals surface area (Å²) in [5.74, 6) is 0.906. The summed E-state index contributed by atoms with van der Waals surface area (Å²) in [6.45, 7) is 7.14. The molecule has 2 heteroatoms. The standard InChI is InChI=1S/C17H20O2/c1-3-17(12-10-16(11-13-17)18-4-2)19-14-15-8-6-5-7-9-15/h3,5-12H,1,4,13-14H2,2H3. The minimum atomic E-state index is -0.420. The normalized spacial score (nSPS) is 21.8. The van der Waals surface area contributed by atoms with Crippen LogP contribution in [0.2, 0.25) is 0 Å². The van der Waals surface area contributed by atoms with Crippen molar-refractivity contribution < 1.29 is 9.47 Å². The minimum absolute atomic E-state index is 0.420. The van der Waals surface area contributed by atoms with Crippen molar-refractivity contribution in [1.29, 1.82) is 0 Å². The van der Waals surface area contributed by atoms with Gasteiger partial charge in [-0.1, -0.05) is 43.0 Å². The van der Waals surface area contributed by atoms with Crippen molar-refractivity contribution in [2.24, 2.45) is 0 Å². The van der Waals surface area contributed by atoms with E-state index in [1.807, 2.05) is 43.4 Å². The number of hydrogen-bond donors (Lipinski definition) is 0. The molecular formula is C17H20O2. The molecule has 0 aliphatic heterocycles. The zero-order valence-electron chi connectivity index (χ0n) is 11.3. The fraction of sp³-hybridized carbons (Fsp3) is 0.294. The maximum atomic E-state index is 6.03. The van der Waals surface area contributed by atoms with Gasteiger partial charge in [-0.15, -0.1) is 0 Å². The molecule has 19 heavy (non-hydrogen) atoms. The lowest BCUT2D eigenvalue weighted by molar-refractivity contribution is 0.0149. The fourth-order valence-electron chi connectivity index (χ4n) is 2.00. The number of hydrogen-bond acceptors (Lipinski definition) is 2. The molecule has 2 nitrogen and oxygen atoms in total. The van der Waals surface area contributed by atoms with Crippen LogP contribution in [0.25, 0.3) is 0 Å². The lowest BCUT2D eigenvalue weighted by atomic mass is 9.94. The minimum Gasteiger partial charge on any atom is -0.494 e. The van der Waals surface area contributed by atoms with Crippen molar-refractivity contribution in [1.82, 2.24) is 0 Å². The van der Waals surface area contributed by atoms with E-state index in [1.165, 1.54) is 0 Å². The highest BCUT2D eigenvalue weighted by Crippen LogP contribution is 2.27. The van der Waals surface area contributed by atoms with Crippen LogP contribution in [0.5, 0.6) is 0 Å². The molecule has 0 bridgehead atoms. The van der Waals surface area contributed by atoms with E-state index in [0.717, 1.165) is 17.7 Å². The van der Waals surface area contributed by atoms with Gasteiger partial charge in [0.25, 0.3) is 0 Å². The molecule has 1 aliphatic rings.